The molecule has 19 heavy (non-hydrogen) atoms. The van der Waals surface area contributed by atoms with Crippen molar-refractivity contribution in [3.8, 4) is 0 Å². The summed E-state index contributed by atoms with van der Waals surface area (Å²) in [6.45, 7) is 9.18. The molecule has 0 bridgehead atoms. The Bertz CT molecular complexity index is 288. The topological polar surface area (TPSA) is 67.6 Å². The van der Waals surface area contributed by atoms with Crippen molar-refractivity contribution in [1.82, 2.24) is 10.2 Å². The Hall–Kier alpha value is -0.650. The summed E-state index contributed by atoms with van der Waals surface area (Å²) < 4.78 is 5.71. The van der Waals surface area contributed by atoms with Gasteiger partial charge in [-0.15, -0.1) is 0 Å². The molecule has 1 amide bonds. The quantitative estimate of drug-likeness (QED) is 0.670. The second-order valence-corrected chi connectivity index (χ2v) is 5.92. The first kappa shape index (κ1) is 16.4. The molecule has 0 aromatic carbocycles. The molecule has 1 saturated heterocycles. The lowest BCUT2D eigenvalue weighted by Crippen LogP contribution is -2.51. The lowest BCUT2D eigenvalue weighted by molar-refractivity contribution is -0.123. The van der Waals surface area contributed by atoms with E-state index in [1.807, 2.05) is 6.92 Å². The van der Waals surface area contributed by atoms with E-state index >= 15 is 0 Å². The minimum Gasteiger partial charge on any atom is -0.373 e. The van der Waals surface area contributed by atoms with Gasteiger partial charge in [-0.1, -0.05) is 0 Å². The van der Waals surface area contributed by atoms with Crippen LogP contribution in [-0.4, -0.2) is 55.2 Å². The first-order chi connectivity index (χ1) is 8.87. The summed E-state index contributed by atoms with van der Waals surface area (Å²) in [6.07, 6.45) is 3.51. The number of nitrogens with one attached hydrogen (secondary N) is 1. The molecule has 3 N–H and O–H groups in total. The molecule has 3 unspecified atom stereocenters. The Labute approximate surface area is 116 Å². The molecular weight excluding hydrogens is 242 g/mol. The Morgan fingerprint density at radius 1 is 1.37 bits per heavy atom. The number of carbonyl (C=O) groups is 1. The molecule has 0 saturated carbocycles. The highest BCUT2D eigenvalue weighted by Crippen LogP contribution is 2.15. The maximum absolute atomic E-state index is 11.4. The van der Waals surface area contributed by atoms with E-state index in [9.17, 15) is 4.79 Å². The monoisotopic (exact) mass is 271 g/mol. The van der Waals surface area contributed by atoms with E-state index in [1.54, 1.807) is 7.05 Å². The summed E-state index contributed by atoms with van der Waals surface area (Å²) in [5, 5.41) is 3.02. The number of hydrogen-bond acceptors (Lipinski definition) is 4. The van der Waals surface area contributed by atoms with Crippen LogP contribution in [0.15, 0.2) is 0 Å². The number of hydrogen-bond donors (Lipinski definition) is 2. The summed E-state index contributed by atoms with van der Waals surface area (Å²) in [7, 11) is 1.79. The van der Waals surface area contributed by atoms with Gasteiger partial charge in [-0.3, -0.25) is 9.69 Å². The predicted octanol–water partition coefficient (Wildman–Crippen LogP) is 0.729. The molecule has 112 valence electrons. The van der Waals surface area contributed by atoms with Crippen LogP contribution in [0, 0.1) is 0 Å². The zero-order valence-corrected chi connectivity index (χ0v) is 12.7. The van der Waals surface area contributed by atoms with Gasteiger partial charge in [0.2, 0.25) is 5.91 Å². The average Bonchev–Trinajstić information content (AvgIpc) is 2.33. The molecule has 5 nitrogen and oxygen atoms in total. The fourth-order valence-electron chi connectivity index (χ4n) is 2.65. The van der Waals surface area contributed by atoms with Crippen molar-refractivity contribution in [3.05, 3.63) is 0 Å². The number of nitrogens with two attached hydrogens (primary N) is 1. The molecule has 0 aromatic heterocycles. The summed E-state index contributed by atoms with van der Waals surface area (Å²) in [5.41, 5.74) is 4.84. The van der Waals surface area contributed by atoms with Crippen molar-refractivity contribution in [2.75, 3.05) is 26.7 Å². The van der Waals surface area contributed by atoms with Gasteiger partial charge >= 0.3 is 0 Å². The minimum atomic E-state index is -0.578. The van der Waals surface area contributed by atoms with Crippen LogP contribution in [0.3, 0.4) is 0 Å². The van der Waals surface area contributed by atoms with E-state index in [0.717, 1.165) is 38.9 Å². The van der Waals surface area contributed by atoms with Crippen LogP contribution in [-0.2, 0) is 9.53 Å². The SMILES string of the molecule is CNC(C)(CCCCN1CC(C)OC(C)C1)C(N)=O. The fraction of sp³-hybridized carbons (Fsp3) is 0.929. The van der Waals surface area contributed by atoms with Gasteiger partial charge in [-0.05, 0) is 53.6 Å². The number of morpholine rings is 1. The normalized spacial score (nSPS) is 28.0. The van der Waals surface area contributed by atoms with Crippen LogP contribution < -0.4 is 11.1 Å². The van der Waals surface area contributed by atoms with Crippen molar-refractivity contribution in [2.45, 2.75) is 57.8 Å². The molecule has 3 atom stereocenters. The van der Waals surface area contributed by atoms with E-state index in [0.29, 0.717) is 12.2 Å². The molecule has 0 radical (unpaired) electrons. The van der Waals surface area contributed by atoms with Gasteiger partial charge in [0.05, 0.1) is 17.7 Å². The average molecular weight is 271 g/mol. The summed E-state index contributed by atoms with van der Waals surface area (Å²) in [5.74, 6) is -0.274. The standard InChI is InChI=1S/C14H29N3O2/c1-11-9-17(10-12(2)19-11)8-6-5-7-14(3,16-4)13(15)18/h11-12,16H,5-10H2,1-4H3,(H2,15,18). The Balaban J connectivity index is 2.25. The zero-order chi connectivity index (χ0) is 14.5. The van der Waals surface area contributed by atoms with Crippen molar-refractivity contribution in [2.24, 2.45) is 5.73 Å². The first-order valence-electron chi connectivity index (χ1n) is 7.24. The molecule has 0 aromatic rings. The second kappa shape index (κ2) is 7.22. The number of primary amides is 1. The molecule has 1 aliphatic rings. The fourth-order valence-corrected chi connectivity index (χ4v) is 2.65. The highest BCUT2D eigenvalue weighted by Gasteiger charge is 2.28. The van der Waals surface area contributed by atoms with Crippen LogP contribution in [0.25, 0.3) is 0 Å². The highest BCUT2D eigenvalue weighted by molar-refractivity contribution is 5.84. The largest absolute Gasteiger partial charge is 0.373 e. The van der Waals surface area contributed by atoms with Crippen LogP contribution in [0.5, 0.6) is 0 Å². The van der Waals surface area contributed by atoms with Gasteiger partial charge < -0.3 is 15.8 Å². The van der Waals surface area contributed by atoms with E-state index in [-0.39, 0.29) is 5.91 Å². The van der Waals surface area contributed by atoms with Gasteiger partial charge in [0.15, 0.2) is 0 Å². The van der Waals surface area contributed by atoms with E-state index in [2.05, 4.69) is 24.1 Å². The third-order valence-electron chi connectivity index (χ3n) is 3.99. The molecule has 1 rings (SSSR count). The molecule has 1 heterocycles. The molecule has 5 heteroatoms. The number of carbonyl (C=O) groups excluding carboxylic acids is 1. The first-order valence-corrected chi connectivity index (χ1v) is 7.24. The highest BCUT2D eigenvalue weighted by atomic mass is 16.5. The smallest absolute Gasteiger partial charge is 0.237 e. The lowest BCUT2D eigenvalue weighted by Gasteiger charge is -2.35. The third kappa shape index (κ3) is 5.09. The third-order valence-corrected chi connectivity index (χ3v) is 3.99. The van der Waals surface area contributed by atoms with Gasteiger partial charge in [0.1, 0.15) is 0 Å². The van der Waals surface area contributed by atoms with E-state index in [1.165, 1.54) is 0 Å². The molecule has 1 aliphatic heterocycles. The number of likely N-dealkylation sites (N-methyl/N-ethyl adjacent to an activating group) is 1. The van der Waals surface area contributed by atoms with Crippen LogP contribution in [0.2, 0.25) is 0 Å². The van der Waals surface area contributed by atoms with Crippen molar-refractivity contribution < 1.29 is 9.53 Å². The predicted molar refractivity (Wildman–Crippen MR) is 77.0 cm³/mol. The van der Waals surface area contributed by atoms with Gasteiger partial charge in [0, 0.05) is 13.1 Å². The number of rotatable bonds is 7. The maximum Gasteiger partial charge on any atom is 0.237 e. The maximum atomic E-state index is 11.4. The van der Waals surface area contributed by atoms with Crippen LogP contribution in [0.1, 0.15) is 40.0 Å². The molecule has 0 aliphatic carbocycles. The lowest BCUT2D eigenvalue weighted by atomic mass is 9.94. The molecule has 0 spiro atoms. The van der Waals surface area contributed by atoms with E-state index in [4.69, 9.17) is 10.5 Å². The van der Waals surface area contributed by atoms with Crippen molar-refractivity contribution >= 4 is 5.91 Å². The second-order valence-electron chi connectivity index (χ2n) is 5.92. The van der Waals surface area contributed by atoms with Crippen LogP contribution in [0.4, 0.5) is 0 Å². The summed E-state index contributed by atoms with van der Waals surface area (Å²) in [4.78, 5) is 13.8. The van der Waals surface area contributed by atoms with Gasteiger partial charge in [0.25, 0.3) is 0 Å². The number of unbranched alkanes of at least 4 members (excludes halogenated alkanes) is 1. The van der Waals surface area contributed by atoms with Gasteiger partial charge in [-0.2, -0.15) is 0 Å². The Kier molecular flexibility index (Phi) is 6.23. The van der Waals surface area contributed by atoms with Crippen molar-refractivity contribution in [3.63, 3.8) is 0 Å². The summed E-state index contributed by atoms with van der Waals surface area (Å²) in [6, 6.07) is 0. The minimum absolute atomic E-state index is 0.274. The van der Waals surface area contributed by atoms with Crippen molar-refractivity contribution in [1.29, 1.82) is 0 Å². The Morgan fingerprint density at radius 3 is 2.42 bits per heavy atom. The number of nitrogens with zero attached hydrogens (tertiary/aromatic N) is 1. The summed E-state index contributed by atoms with van der Waals surface area (Å²) >= 11 is 0. The number of ether oxygens (including phenoxy) is 1. The zero-order valence-electron chi connectivity index (χ0n) is 12.7. The molecular formula is C14H29N3O2. The number of amides is 1. The van der Waals surface area contributed by atoms with E-state index < -0.39 is 5.54 Å². The molecule has 1 fully saturated rings. The Morgan fingerprint density at radius 2 is 1.95 bits per heavy atom. The van der Waals surface area contributed by atoms with Gasteiger partial charge in [-0.25, -0.2) is 0 Å². The van der Waals surface area contributed by atoms with Crippen LogP contribution >= 0.6 is 0 Å².